The standard InChI is InChI=1S/C22H27ClN6O2/c1-13(2)28(5)21(30)15-7-8-17(19(11-15)31-6)25-22-24-12-16(23)20(26-22)18-9-10-29(27-18)14(3)4/h7-14H,1-6H3,(H,24,25,26). The molecule has 0 bridgehead atoms. The Morgan fingerprint density at radius 3 is 2.58 bits per heavy atom. The van der Waals surface area contributed by atoms with Crippen LogP contribution in [0.15, 0.2) is 36.7 Å². The summed E-state index contributed by atoms with van der Waals surface area (Å²) in [7, 11) is 3.32. The average molecular weight is 443 g/mol. The normalized spacial score (nSPS) is 11.1. The molecular formula is C22H27ClN6O2. The van der Waals surface area contributed by atoms with Gasteiger partial charge in [0.15, 0.2) is 0 Å². The van der Waals surface area contributed by atoms with Gasteiger partial charge >= 0.3 is 0 Å². The molecular weight excluding hydrogens is 416 g/mol. The summed E-state index contributed by atoms with van der Waals surface area (Å²) in [5.41, 5.74) is 2.36. The van der Waals surface area contributed by atoms with Crippen molar-refractivity contribution in [3.8, 4) is 17.1 Å². The highest BCUT2D eigenvalue weighted by molar-refractivity contribution is 6.32. The lowest BCUT2D eigenvalue weighted by molar-refractivity contribution is 0.0754. The number of aromatic nitrogens is 4. The Hall–Kier alpha value is -3.13. The average Bonchev–Trinajstić information content (AvgIpc) is 3.24. The first-order valence-corrected chi connectivity index (χ1v) is 10.4. The highest BCUT2D eigenvalue weighted by Crippen LogP contribution is 2.30. The molecule has 0 aliphatic carbocycles. The third-order valence-electron chi connectivity index (χ3n) is 4.91. The Labute approximate surface area is 187 Å². The molecule has 0 fully saturated rings. The minimum absolute atomic E-state index is 0.0781. The van der Waals surface area contributed by atoms with Crippen LogP contribution in [0.5, 0.6) is 5.75 Å². The fourth-order valence-corrected chi connectivity index (χ4v) is 3.03. The Morgan fingerprint density at radius 1 is 1.23 bits per heavy atom. The lowest BCUT2D eigenvalue weighted by atomic mass is 10.1. The van der Waals surface area contributed by atoms with Crippen molar-refractivity contribution in [3.05, 3.63) is 47.2 Å². The van der Waals surface area contributed by atoms with Gasteiger partial charge in [-0.3, -0.25) is 9.48 Å². The number of hydrogen-bond acceptors (Lipinski definition) is 6. The van der Waals surface area contributed by atoms with Crippen LogP contribution in [0.2, 0.25) is 5.02 Å². The molecule has 0 unspecified atom stereocenters. The van der Waals surface area contributed by atoms with E-state index in [1.807, 2.05) is 44.6 Å². The number of amides is 1. The molecule has 9 heteroatoms. The van der Waals surface area contributed by atoms with Gasteiger partial charge in [-0.2, -0.15) is 5.10 Å². The summed E-state index contributed by atoms with van der Waals surface area (Å²) in [5, 5.41) is 8.08. The Bertz CT molecular complexity index is 1080. The molecule has 1 amide bonds. The molecule has 0 atom stereocenters. The number of nitrogens with zero attached hydrogens (tertiary/aromatic N) is 5. The van der Waals surface area contributed by atoms with Gasteiger partial charge in [0.05, 0.1) is 24.0 Å². The number of nitrogens with one attached hydrogen (secondary N) is 1. The number of rotatable bonds is 7. The van der Waals surface area contributed by atoms with Crippen molar-refractivity contribution >= 4 is 29.1 Å². The van der Waals surface area contributed by atoms with E-state index in [0.29, 0.717) is 39.4 Å². The number of carbonyl (C=O) groups is 1. The molecule has 8 nitrogen and oxygen atoms in total. The van der Waals surface area contributed by atoms with Crippen molar-refractivity contribution in [1.29, 1.82) is 0 Å². The molecule has 1 aromatic carbocycles. The predicted octanol–water partition coefficient (Wildman–Crippen LogP) is 4.81. The summed E-state index contributed by atoms with van der Waals surface area (Å²) in [6, 6.07) is 7.40. The first-order chi connectivity index (χ1) is 14.7. The Morgan fingerprint density at radius 2 is 1.97 bits per heavy atom. The first kappa shape index (κ1) is 22.6. The van der Waals surface area contributed by atoms with Crippen LogP contribution in [-0.4, -0.2) is 50.8 Å². The second-order valence-electron chi connectivity index (χ2n) is 7.71. The number of methoxy groups -OCH3 is 1. The van der Waals surface area contributed by atoms with Gasteiger partial charge < -0.3 is 15.0 Å². The summed E-state index contributed by atoms with van der Waals surface area (Å²) in [4.78, 5) is 23.1. The first-order valence-electron chi connectivity index (χ1n) is 10.0. The van der Waals surface area contributed by atoms with Crippen LogP contribution in [0.3, 0.4) is 0 Å². The maximum Gasteiger partial charge on any atom is 0.253 e. The second kappa shape index (κ2) is 9.34. The van der Waals surface area contributed by atoms with Crippen molar-refractivity contribution in [3.63, 3.8) is 0 Å². The summed E-state index contributed by atoms with van der Waals surface area (Å²) < 4.78 is 7.33. The van der Waals surface area contributed by atoms with Gasteiger partial charge in [-0.1, -0.05) is 11.6 Å². The van der Waals surface area contributed by atoms with Crippen LogP contribution in [0.4, 0.5) is 11.6 Å². The molecule has 0 saturated heterocycles. The van der Waals surface area contributed by atoms with E-state index in [1.54, 1.807) is 37.3 Å². The number of anilines is 2. The monoisotopic (exact) mass is 442 g/mol. The molecule has 164 valence electrons. The van der Waals surface area contributed by atoms with Crippen molar-refractivity contribution in [1.82, 2.24) is 24.6 Å². The van der Waals surface area contributed by atoms with E-state index in [9.17, 15) is 4.79 Å². The summed E-state index contributed by atoms with van der Waals surface area (Å²) in [6.45, 7) is 8.02. The lowest BCUT2D eigenvalue weighted by Crippen LogP contribution is -2.32. The maximum absolute atomic E-state index is 12.6. The predicted molar refractivity (Wildman–Crippen MR) is 122 cm³/mol. The van der Waals surface area contributed by atoms with Crippen molar-refractivity contribution in [2.24, 2.45) is 0 Å². The van der Waals surface area contributed by atoms with Gasteiger partial charge in [0.2, 0.25) is 5.95 Å². The van der Waals surface area contributed by atoms with Crippen LogP contribution < -0.4 is 10.1 Å². The van der Waals surface area contributed by atoms with Crippen LogP contribution in [0.25, 0.3) is 11.4 Å². The molecule has 2 aromatic heterocycles. The lowest BCUT2D eigenvalue weighted by Gasteiger charge is -2.22. The number of carbonyl (C=O) groups excluding carboxylic acids is 1. The SMILES string of the molecule is COc1cc(C(=O)N(C)C(C)C)ccc1Nc1ncc(Cl)c(-c2ccn(C(C)C)n2)n1. The number of halogens is 1. The van der Waals surface area contributed by atoms with E-state index < -0.39 is 0 Å². The second-order valence-corrected chi connectivity index (χ2v) is 8.12. The van der Waals surface area contributed by atoms with Gasteiger partial charge in [0.1, 0.15) is 17.1 Å². The maximum atomic E-state index is 12.6. The molecule has 0 saturated carbocycles. The molecule has 0 aliphatic heterocycles. The summed E-state index contributed by atoms with van der Waals surface area (Å²) in [6.07, 6.45) is 3.42. The molecule has 3 aromatic rings. The van der Waals surface area contributed by atoms with Crippen LogP contribution in [0.1, 0.15) is 44.1 Å². The Kier molecular flexibility index (Phi) is 6.80. The van der Waals surface area contributed by atoms with Crippen LogP contribution in [-0.2, 0) is 0 Å². The molecule has 3 rings (SSSR count). The van der Waals surface area contributed by atoms with E-state index in [-0.39, 0.29) is 18.0 Å². The number of benzene rings is 1. The largest absolute Gasteiger partial charge is 0.495 e. The van der Waals surface area contributed by atoms with Gasteiger partial charge in [-0.25, -0.2) is 9.97 Å². The molecule has 1 N–H and O–H groups in total. The van der Waals surface area contributed by atoms with Crippen molar-refractivity contribution in [2.75, 3.05) is 19.5 Å². The third-order valence-corrected chi connectivity index (χ3v) is 5.19. The van der Waals surface area contributed by atoms with Crippen LogP contribution in [0, 0.1) is 0 Å². The molecule has 0 spiro atoms. The van der Waals surface area contributed by atoms with Crippen molar-refractivity contribution < 1.29 is 9.53 Å². The van der Waals surface area contributed by atoms with Gasteiger partial charge in [-0.05, 0) is 52.0 Å². The highest BCUT2D eigenvalue weighted by Gasteiger charge is 2.17. The zero-order chi connectivity index (χ0) is 22.7. The van der Waals surface area contributed by atoms with E-state index in [4.69, 9.17) is 16.3 Å². The van der Waals surface area contributed by atoms with Crippen LogP contribution >= 0.6 is 11.6 Å². The zero-order valence-electron chi connectivity index (χ0n) is 18.5. The molecule has 31 heavy (non-hydrogen) atoms. The number of hydrogen-bond donors (Lipinski definition) is 1. The zero-order valence-corrected chi connectivity index (χ0v) is 19.3. The van der Waals surface area contributed by atoms with E-state index in [1.165, 1.54) is 6.20 Å². The minimum atomic E-state index is -0.0781. The minimum Gasteiger partial charge on any atom is -0.495 e. The van der Waals surface area contributed by atoms with E-state index >= 15 is 0 Å². The Balaban J connectivity index is 1.89. The summed E-state index contributed by atoms with van der Waals surface area (Å²) in [5.74, 6) is 0.771. The van der Waals surface area contributed by atoms with Gasteiger partial charge in [-0.15, -0.1) is 0 Å². The molecule has 2 heterocycles. The smallest absolute Gasteiger partial charge is 0.253 e. The van der Waals surface area contributed by atoms with E-state index in [0.717, 1.165) is 0 Å². The highest BCUT2D eigenvalue weighted by atomic mass is 35.5. The topological polar surface area (TPSA) is 85.2 Å². The quantitative estimate of drug-likeness (QED) is 0.565. The third kappa shape index (κ3) is 4.96. The number of ether oxygens (including phenoxy) is 1. The molecule has 0 aliphatic rings. The van der Waals surface area contributed by atoms with Crippen molar-refractivity contribution in [2.45, 2.75) is 39.8 Å². The van der Waals surface area contributed by atoms with E-state index in [2.05, 4.69) is 20.4 Å². The fourth-order valence-electron chi connectivity index (χ4n) is 2.85. The fraction of sp³-hybridized carbons (Fsp3) is 0.364. The van der Waals surface area contributed by atoms with Gasteiger partial charge in [0.25, 0.3) is 5.91 Å². The van der Waals surface area contributed by atoms with Gasteiger partial charge in [0, 0.05) is 30.9 Å². The molecule has 0 radical (unpaired) electrons. The summed E-state index contributed by atoms with van der Waals surface area (Å²) >= 11 is 6.32.